The van der Waals surface area contributed by atoms with Crippen molar-refractivity contribution in [1.29, 1.82) is 0 Å². The van der Waals surface area contributed by atoms with Gasteiger partial charge in [-0.1, -0.05) is 12.1 Å². The largest absolute Gasteiger partial charge is 0.496 e. The number of unbranched alkanes of at least 4 members (excludes halogenated alkanes) is 1. The summed E-state index contributed by atoms with van der Waals surface area (Å²) in [6, 6.07) is 9.57. The quantitative estimate of drug-likeness (QED) is 0.610. The van der Waals surface area contributed by atoms with Crippen molar-refractivity contribution in [3.05, 3.63) is 36.0 Å². The molecule has 0 aliphatic carbocycles. The first kappa shape index (κ1) is 20.8. The topological polar surface area (TPSA) is 102 Å². The zero-order valence-electron chi connectivity index (χ0n) is 16.5. The fourth-order valence-corrected chi connectivity index (χ4v) is 2.67. The predicted molar refractivity (Wildman–Crippen MR) is 106 cm³/mol. The van der Waals surface area contributed by atoms with Gasteiger partial charge in [-0.05, 0) is 58.2 Å². The molecule has 148 valence electrons. The van der Waals surface area contributed by atoms with Crippen LogP contribution < -0.4 is 15.8 Å². The molecule has 7 heteroatoms. The van der Waals surface area contributed by atoms with Crippen molar-refractivity contribution in [2.45, 2.75) is 51.7 Å². The molecule has 1 heterocycles. The monoisotopic (exact) mass is 374 g/mol. The number of aromatic amines is 1. The molecule has 0 fully saturated rings. The summed E-state index contributed by atoms with van der Waals surface area (Å²) in [5.41, 5.74) is 8.42. The Labute approximate surface area is 160 Å². The van der Waals surface area contributed by atoms with Crippen molar-refractivity contribution < 1.29 is 14.3 Å². The van der Waals surface area contributed by atoms with E-state index in [1.54, 1.807) is 7.11 Å². The van der Waals surface area contributed by atoms with Gasteiger partial charge in [0.25, 0.3) is 0 Å². The SMILES string of the molecule is COc1ccccc1-c1cc(C(N)CCCCNC(=O)OC(C)(C)C)n[nH]1. The van der Waals surface area contributed by atoms with Crippen LogP contribution in [-0.2, 0) is 4.74 Å². The Hall–Kier alpha value is -2.54. The van der Waals surface area contributed by atoms with E-state index in [9.17, 15) is 4.79 Å². The smallest absolute Gasteiger partial charge is 0.407 e. The van der Waals surface area contributed by atoms with Gasteiger partial charge < -0.3 is 20.5 Å². The highest BCUT2D eigenvalue weighted by molar-refractivity contribution is 5.68. The van der Waals surface area contributed by atoms with Crippen LogP contribution >= 0.6 is 0 Å². The molecule has 4 N–H and O–H groups in total. The number of aromatic nitrogens is 2. The lowest BCUT2D eigenvalue weighted by atomic mass is 10.1. The van der Waals surface area contributed by atoms with Gasteiger partial charge in [0.1, 0.15) is 11.4 Å². The first-order valence-electron chi connectivity index (χ1n) is 9.21. The first-order chi connectivity index (χ1) is 12.8. The van der Waals surface area contributed by atoms with E-state index in [0.717, 1.165) is 42.0 Å². The third kappa shape index (κ3) is 6.60. The van der Waals surface area contributed by atoms with Gasteiger partial charge in [-0.3, -0.25) is 5.10 Å². The lowest BCUT2D eigenvalue weighted by Crippen LogP contribution is -2.33. The molecule has 1 unspecified atom stereocenters. The number of nitrogens with one attached hydrogen (secondary N) is 2. The highest BCUT2D eigenvalue weighted by atomic mass is 16.6. The molecule has 0 radical (unpaired) electrons. The number of H-pyrrole nitrogens is 1. The Balaban J connectivity index is 1.78. The molecule has 1 atom stereocenters. The fraction of sp³-hybridized carbons (Fsp3) is 0.500. The fourth-order valence-electron chi connectivity index (χ4n) is 2.67. The third-order valence-corrected chi connectivity index (χ3v) is 3.98. The van der Waals surface area contributed by atoms with Crippen molar-refractivity contribution in [2.24, 2.45) is 5.73 Å². The average molecular weight is 374 g/mol. The number of carbonyl (C=O) groups excluding carboxylic acids is 1. The first-order valence-corrected chi connectivity index (χ1v) is 9.21. The summed E-state index contributed by atoms with van der Waals surface area (Å²) >= 11 is 0. The number of methoxy groups -OCH3 is 1. The van der Waals surface area contributed by atoms with Gasteiger partial charge in [-0.15, -0.1) is 0 Å². The molecule has 0 saturated carbocycles. The van der Waals surface area contributed by atoms with Crippen LogP contribution in [0.4, 0.5) is 4.79 Å². The molecule has 1 aromatic carbocycles. The minimum absolute atomic E-state index is 0.161. The number of nitrogens with two attached hydrogens (primary N) is 1. The van der Waals surface area contributed by atoms with E-state index in [0.29, 0.717) is 6.54 Å². The molecule has 0 bridgehead atoms. The summed E-state index contributed by atoms with van der Waals surface area (Å²) in [5, 5.41) is 10.1. The highest BCUT2D eigenvalue weighted by Gasteiger charge is 2.16. The lowest BCUT2D eigenvalue weighted by molar-refractivity contribution is 0.0527. The van der Waals surface area contributed by atoms with E-state index in [2.05, 4.69) is 15.5 Å². The summed E-state index contributed by atoms with van der Waals surface area (Å²) in [6.07, 6.45) is 2.11. The van der Waals surface area contributed by atoms with Gasteiger partial charge in [0.15, 0.2) is 0 Å². The lowest BCUT2D eigenvalue weighted by Gasteiger charge is -2.19. The van der Waals surface area contributed by atoms with Gasteiger partial charge in [-0.2, -0.15) is 5.10 Å². The van der Waals surface area contributed by atoms with Crippen molar-refractivity contribution in [2.75, 3.05) is 13.7 Å². The third-order valence-electron chi connectivity index (χ3n) is 3.98. The molecular formula is C20H30N4O3. The normalized spacial score (nSPS) is 12.5. The maximum atomic E-state index is 11.6. The molecule has 27 heavy (non-hydrogen) atoms. The maximum Gasteiger partial charge on any atom is 0.407 e. The van der Waals surface area contributed by atoms with Crippen LogP contribution in [0.15, 0.2) is 30.3 Å². The van der Waals surface area contributed by atoms with E-state index in [1.807, 2.05) is 51.1 Å². The molecule has 1 amide bonds. The van der Waals surface area contributed by atoms with Gasteiger partial charge in [-0.25, -0.2) is 4.79 Å². The molecule has 1 aromatic heterocycles. The average Bonchev–Trinajstić information content (AvgIpc) is 3.09. The second-order valence-corrected chi connectivity index (χ2v) is 7.44. The number of benzene rings is 1. The van der Waals surface area contributed by atoms with Crippen molar-refractivity contribution >= 4 is 6.09 Å². The maximum absolute atomic E-state index is 11.6. The standard InChI is InChI=1S/C20H30N4O3/c1-20(2,3)27-19(25)22-12-8-7-10-15(21)17-13-16(23-24-17)14-9-5-6-11-18(14)26-4/h5-6,9,11,13,15H,7-8,10,12,21H2,1-4H3,(H,22,25)(H,23,24). The van der Waals surface area contributed by atoms with Crippen molar-refractivity contribution in [3.8, 4) is 17.0 Å². The number of hydrogen-bond acceptors (Lipinski definition) is 5. The zero-order chi connectivity index (χ0) is 19.9. The zero-order valence-corrected chi connectivity index (χ0v) is 16.5. The van der Waals surface area contributed by atoms with Crippen LogP contribution in [0.2, 0.25) is 0 Å². The Bertz CT molecular complexity index is 737. The number of para-hydroxylation sites is 1. The number of rotatable bonds is 8. The summed E-state index contributed by atoms with van der Waals surface area (Å²) in [4.78, 5) is 11.6. The van der Waals surface area contributed by atoms with Gasteiger partial charge in [0, 0.05) is 18.2 Å². The predicted octanol–water partition coefficient (Wildman–Crippen LogP) is 3.78. The minimum atomic E-state index is -0.481. The molecule has 7 nitrogen and oxygen atoms in total. The second kappa shape index (κ2) is 9.41. The highest BCUT2D eigenvalue weighted by Crippen LogP contribution is 2.29. The van der Waals surface area contributed by atoms with E-state index in [1.165, 1.54) is 0 Å². The van der Waals surface area contributed by atoms with Gasteiger partial charge in [0.05, 0.1) is 18.5 Å². The number of hydrogen-bond donors (Lipinski definition) is 3. The molecule has 2 rings (SSSR count). The van der Waals surface area contributed by atoms with Crippen molar-refractivity contribution in [1.82, 2.24) is 15.5 Å². The Morgan fingerprint density at radius 1 is 1.30 bits per heavy atom. The van der Waals surface area contributed by atoms with Crippen LogP contribution in [0.1, 0.15) is 51.8 Å². The number of ether oxygens (including phenoxy) is 2. The Morgan fingerprint density at radius 3 is 2.74 bits per heavy atom. The Morgan fingerprint density at radius 2 is 2.04 bits per heavy atom. The second-order valence-electron chi connectivity index (χ2n) is 7.44. The minimum Gasteiger partial charge on any atom is -0.496 e. The number of alkyl carbamates (subject to hydrolysis) is 1. The molecular weight excluding hydrogens is 344 g/mol. The van der Waals surface area contributed by atoms with Gasteiger partial charge >= 0.3 is 6.09 Å². The van der Waals surface area contributed by atoms with Crippen LogP contribution in [0.25, 0.3) is 11.3 Å². The molecule has 0 aliphatic rings. The van der Waals surface area contributed by atoms with Crippen LogP contribution in [0.3, 0.4) is 0 Å². The summed E-state index contributed by atoms with van der Waals surface area (Å²) in [7, 11) is 1.65. The van der Waals surface area contributed by atoms with Crippen LogP contribution in [0, 0.1) is 0 Å². The van der Waals surface area contributed by atoms with E-state index < -0.39 is 5.60 Å². The molecule has 0 saturated heterocycles. The van der Waals surface area contributed by atoms with Crippen LogP contribution in [-0.4, -0.2) is 35.5 Å². The number of amides is 1. The summed E-state index contributed by atoms with van der Waals surface area (Å²) < 4.78 is 10.6. The number of carbonyl (C=O) groups is 1. The number of nitrogens with zero attached hydrogens (tertiary/aromatic N) is 1. The van der Waals surface area contributed by atoms with Crippen molar-refractivity contribution in [3.63, 3.8) is 0 Å². The Kier molecular flexibility index (Phi) is 7.24. The molecule has 0 spiro atoms. The summed E-state index contributed by atoms with van der Waals surface area (Å²) in [6.45, 7) is 6.09. The van der Waals surface area contributed by atoms with E-state index in [4.69, 9.17) is 15.2 Å². The van der Waals surface area contributed by atoms with E-state index in [-0.39, 0.29) is 12.1 Å². The van der Waals surface area contributed by atoms with E-state index >= 15 is 0 Å². The molecule has 2 aromatic rings. The van der Waals surface area contributed by atoms with Crippen LogP contribution in [0.5, 0.6) is 5.75 Å². The molecule has 0 aliphatic heterocycles. The summed E-state index contributed by atoms with van der Waals surface area (Å²) in [5.74, 6) is 0.787. The van der Waals surface area contributed by atoms with Gasteiger partial charge in [0.2, 0.25) is 0 Å².